The van der Waals surface area contributed by atoms with Crippen molar-refractivity contribution in [1.29, 1.82) is 0 Å². The van der Waals surface area contributed by atoms with Crippen molar-refractivity contribution >= 4 is 17.5 Å². The van der Waals surface area contributed by atoms with E-state index in [0.29, 0.717) is 18.7 Å². The molecule has 0 saturated heterocycles. The van der Waals surface area contributed by atoms with Crippen molar-refractivity contribution in [2.45, 2.75) is 19.8 Å². The van der Waals surface area contributed by atoms with E-state index in [1.807, 2.05) is 26.1 Å². The molecule has 1 aromatic carbocycles. The van der Waals surface area contributed by atoms with Crippen molar-refractivity contribution in [2.75, 3.05) is 25.5 Å². The summed E-state index contributed by atoms with van der Waals surface area (Å²) in [6.45, 7) is 2.84. The molecule has 0 heterocycles. The minimum absolute atomic E-state index is 0.105. The molecule has 0 aromatic heterocycles. The van der Waals surface area contributed by atoms with E-state index in [1.54, 1.807) is 6.07 Å². The second-order valence-corrected chi connectivity index (χ2v) is 5.10. The first kappa shape index (κ1) is 14.4. The molecule has 5 heteroatoms. The molecular formula is C15H21N3O2. The topological polar surface area (TPSA) is 70.2 Å². The van der Waals surface area contributed by atoms with Crippen LogP contribution in [0.3, 0.4) is 0 Å². The van der Waals surface area contributed by atoms with E-state index < -0.39 is 0 Å². The molecule has 0 aliphatic heterocycles. The van der Waals surface area contributed by atoms with Gasteiger partial charge < -0.3 is 16.0 Å². The Morgan fingerprint density at radius 3 is 2.50 bits per heavy atom. The zero-order valence-corrected chi connectivity index (χ0v) is 12.0. The molecule has 5 nitrogen and oxygen atoms in total. The van der Waals surface area contributed by atoms with Crippen LogP contribution in [0, 0.1) is 12.8 Å². The van der Waals surface area contributed by atoms with Gasteiger partial charge in [-0.25, -0.2) is 0 Å². The highest BCUT2D eigenvalue weighted by Gasteiger charge is 2.28. The summed E-state index contributed by atoms with van der Waals surface area (Å²) in [6, 6.07) is 5.61. The van der Waals surface area contributed by atoms with Gasteiger partial charge in [0.25, 0.3) is 5.91 Å². The van der Waals surface area contributed by atoms with Crippen LogP contribution in [0.15, 0.2) is 18.2 Å². The lowest BCUT2D eigenvalue weighted by Gasteiger charge is -2.10. The van der Waals surface area contributed by atoms with Crippen LogP contribution in [-0.2, 0) is 4.79 Å². The number of anilines is 1. The van der Waals surface area contributed by atoms with E-state index in [-0.39, 0.29) is 17.7 Å². The molecule has 1 aromatic rings. The fourth-order valence-electron chi connectivity index (χ4n) is 2.02. The summed E-state index contributed by atoms with van der Waals surface area (Å²) in [7, 11) is 1.84. The Bertz CT molecular complexity index is 510. The number of aryl methyl sites for hydroxylation is 1. The van der Waals surface area contributed by atoms with E-state index in [4.69, 9.17) is 0 Å². The largest absolute Gasteiger partial charge is 0.388 e. The molecule has 20 heavy (non-hydrogen) atoms. The molecule has 1 saturated carbocycles. The van der Waals surface area contributed by atoms with Gasteiger partial charge in [-0.3, -0.25) is 9.59 Å². The molecule has 2 rings (SSSR count). The minimum atomic E-state index is -0.106. The van der Waals surface area contributed by atoms with Crippen LogP contribution in [0.1, 0.15) is 28.8 Å². The first-order valence-electron chi connectivity index (χ1n) is 6.96. The van der Waals surface area contributed by atoms with E-state index in [9.17, 15) is 9.59 Å². The minimum Gasteiger partial charge on any atom is -0.388 e. The molecule has 108 valence electrons. The normalized spacial score (nSPS) is 13.7. The molecule has 1 fully saturated rings. The smallest absolute Gasteiger partial charge is 0.251 e. The van der Waals surface area contributed by atoms with Gasteiger partial charge in [0.1, 0.15) is 0 Å². The fraction of sp³-hybridized carbons (Fsp3) is 0.467. The standard InChI is InChI=1S/C15H21N3O2/c1-10-9-12(16-2)5-6-13(10)15(20)18-8-7-17-14(19)11-3-4-11/h5-6,9,11,16H,3-4,7-8H2,1-2H3,(H,17,19)(H,18,20). The molecule has 2 amide bonds. The van der Waals surface area contributed by atoms with Crippen LogP contribution in [0.25, 0.3) is 0 Å². The Morgan fingerprint density at radius 2 is 1.90 bits per heavy atom. The molecule has 3 N–H and O–H groups in total. The summed E-state index contributed by atoms with van der Waals surface area (Å²) < 4.78 is 0. The lowest BCUT2D eigenvalue weighted by atomic mass is 10.1. The number of amides is 2. The van der Waals surface area contributed by atoms with Gasteiger partial charge in [-0.1, -0.05) is 0 Å². The van der Waals surface area contributed by atoms with Crippen LogP contribution in [0.4, 0.5) is 5.69 Å². The Hall–Kier alpha value is -2.04. The maximum Gasteiger partial charge on any atom is 0.251 e. The molecule has 0 unspecified atom stereocenters. The maximum absolute atomic E-state index is 12.0. The number of benzene rings is 1. The van der Waals surface area contributed by atoms with Gasteiger partial charge in [0.05, 0.1) is 0 Å². The molecular weight excluding hydrogens is 254 g/mol. The quantitative estimate of drug-likeness (QED) is 0.685. The van der Waals surface area contributed by atoms with Crippen molar-refractivity contribution < 1.29 is 9.59 Å². The highest BCUT2D eigenvalue weighted by molar-refractivity contribution is 5.96. The first-order valence-corrected chi connectivity index (χ1v) is 6.96. The van der Waals surface area contributed by atoms with E-state index in [0.717, 1.165) is 24.1 Å². The van der Waals surface area contributed by atoms with Crippen molar-refractivity contribution in [1.82, 2.24) is 10.6 Å². The Balaban J connectivity index is 1.77. The molecule has 0 bridgehead atoms. The number of hydrogen-bond acceptors (Lipinski definition) is 3. The zero-order valence-electron chi connectivity index (χ0n) is 12.0. The number of carbonyl (C=O) groups is 2. The summed E-state index contributed by atoms with van der Waals surface area (Å²) in [5.41, 5.74) is 2.57. The summed E-state index contributed by atoms with van der Waals surface area (Å²) in [6.07, 6.45) is 1.99. The highest BCUT2D eigenvalue weighted by Crippen LogP contribution is 2.28. The van der Waals surface area contributed by atoms with Crippen molar-refractivity contribution in [3.05, 3.63) is 29.3 Å². The Kier molecular flexibility index (Phi) is 4.61. The lowest BCUT2D eigenvalue weighted by Crippen LogP contribution is -2.35. The monoisotopic (exact) mass is 275 g/mol. The summed E-state index contributed by atoms with van der Waals surface area (Å²) in [5, 5.41) is 8.67. The van der Waals surface area contributed by atoms with Gasteiger partial charge in [0.15, 0.2) is 0 Å². The van der Waals surface area contributed by atoms with Crippen LogP contribution >= 0.6 is 0 Å². The summed E-state index contributed by atoms with van der Waals surface area (Å²) >= 11 is 0. The second-order valence-electron chi connectivity index (χ2n) is 5.10. The van der Waals surface area contributed by atoms with Crippen LogP contribution in [0.5, 0.6) is 0 Å². The Labute approximate surface area is 119 Å². The van der Waals surface area contributed by atoms with Crippen molar-refractivity contribution in [3.63, 3.8) is 0 Å². The van der Waals surface area contributed by atoms with E-state index in [1.165, 1.54) is 0 Å². The van der Waals surface area contributed by atoms with Gasteiger partial charge in [-0.15, -0.1) is 0 Å². The van der Waals surface area contributed by atoms with Gasteiger partial charge in [0, 0.05) is 37.3 Å². The molecule has 1 aliphatic carbocycles. The predicted molar refractivity (Wildman–Crippen MR) is 78.8 cm³/mol. The van der Waals surface area contributed by atoms with Crippen LogP contribution in [-0.4, -0.2) is 32.0 Å². The number of nitrogens with one attached hydrogen (secondary N) is 3. The van der Waals surface area contributed by atoms with Gasteiger partial charge in [-0.05, 0) is 43.5 Å². The average molecular weight is 275 g/mol. The molecule has 0 spiro atoms. The maximum atomic E-state index is 12.0. The third-order valence-corrected chi connectivity index (χ3v) is 3.42. The Morgan fingerprint density at radius 1 is 1.20 bits per heavy atom. The van der Waals surface area contributed by atoms with E-state index in [2.05, 4.69) is 16.0 Å². The van der Waals surface area contributed by atoms with Gasteiger partial charge in [-0.2, -0.15) is 0 Å². The molecule has 0 atom stereocenters. The third-order valence-electron chi connectivity index (χ3n) is 3.42. The zero-order chi connectivity index (χ0) is 14.5. The highest BCUT2D eigenvalue weighted by atomic mass is 16.2. The SMILES string of the molecule is CNc1ccc(C(=O)NCCNC(=O)C2CC2)c(C)c1. The summed E-state index contributed by atoms with van der Waals surface area (Å²) in [5.74, 6) is 0.210. The number of hydrogen-bond donors (Lipinski definition) is 3. The number of rotatable bonds is 6. The lowest BCUT2D eigenvalue weighted by molar-refractivity contribution is -0.122. The van der Waals surface area contributed by atoms with E-state index >= 15 is 0 Å². The average Bonchev–Trinajstić information content (AvgIpc) is 3.27. The van der Waals surface area contributed by atoms with Gasteiger partial charge in [0.2, 0.25) is 5.91 Å². The second kappa shape index (κ2) is 6.41. The molecule has 0 radical (unpaired) electrons. The summed E-state index contributed by atoms with van der Waals surface area (Å²) in [4.78, 5) is 23.4. The van der Waals surface area contributed by atoms with Crippen LogP contribution in [0.2, 0.25) is 0 Å². The third kappa shape index (κ3) is 3.73. The predicted octanol–water partition coefficient (Wildman–Crippen LogP) is 1.29. The van der Waals surface area contributed by atoms with Crippen LogP contribution < -0.4 is 16.0 Å². The van der Waals surface area contributed by atoms with Crippen molar-refractivity contribution in [3.8, 4) is 0 Å². The molecule has 1 aliphatic rings. The fourth-order valence-corrected chi connectivity index (χ4v) is 2.02. The number of carbonyl (C=O) groups excluding carboxylic acids is 2. The first-order chi connectivity index (χ1) is 9.61. The van der Waals surface area contributed by atoms with Gasteiger partial charge >= 0.3 is 0 Å². The van der Waals surface area contributed by atoms with Crippen molar-refractivity contribution in [2.24, 2.45) is 5.92 Å².